The number of carbonyl (C=O) groups is 1. The van der Waals surface area contributed by atoms with Crippen molar-refractivity contribution in [1.82, 2.24) is 9.88 Å². The zero-order valence-corrected chi connectivity index (χ0v) is 10.2. The van der Waals surface area contributed by atoms with Crippen LogP contribution in [0.2, 0.25) is 0 Å². The van der Waals surface area contributed by atoms with E-state index < -0.39 is 0 Å². The van der Waals surface area contributed by atoms with Gasteiger partial charge in [0, 0.05) is 13.1 Å². The van der Waals surface area contributed by atoms with Crippen molar-refractivity contribution in [1.29, 1.82) is 0 Å². The molecule has 6 heteroatoms. The molecule has 1 heterocycles. The molecule has 0 bridgehead atoms. The summed E-state index contributed by atoms with van der Waals surface area (Å²) in [6, 6.07) is 3.61. The highest BCUT2D eigenvalue weighted by molar-refractivity contribution is 5.91. The van der Waals surface area contributed by atoms with Gasteiger partial charge >= 0.3 is 0 Å². The summed E-state index contributed by atoms with van der Waals surface area (Å²) in [6.45, 7) is 1.74. The molecule has 1 amide bonds. The Balaban J connectivity index is 2.42. The Bertz CT molecular complexity index is 349. The Hall–Kier alpha value is -1.66. The van der Waals surface area contributed by atoms with Gasteiger partial charge < -0.3 is 21.3 Å². The summed E-state index contributed by atoms with van der Waals surface area (Å²) < 4.78 is 0. The number of nitrogens with zero attached hydrogens (tertiary/aromatic N) is 2. The fourth-order valence-electron chi connectivity index (χ4n) is 1.19. The second kappa shape index (κ2) is 6.82. The van der Waals surface area contributed by atoms with Crippen LogP contribution < -0.4 is 16.4 Å². The number of rotatable bonds is 6. The lowest BCUT2D eigenvalue weighted by atomic mass is 10.4. The van der Waals surface area contributed by atoms with Gasteiger partial charge in [-0.05, 0) is 26.2 Å². The first-order valence-electron chi connectivity index (χ1n) is 5.46. The molecular formula is C11H19N5O. The topological polar surface area (TPSA) is 83.3 Å². The van der Waals surface area contributed by atoms with E-state index in [0.717, 1.165) is 18.9 Å². The van der Waals surface area contributed by atoms with E-state index in [1.165, 1.54) is 0 Å². The fourth-order valence-corrected chi connectivity index (χ4v) is 1.19. The molecule has 0 aliphatic heterocycles. The largest absolute Gasteiger partial charge is 0.369 e. The quantitative estimate of drug-likeness (QED) is 0.646. The van der Waals surface area contributed by atoms with Gasteiger partial charge in [0.1, 0.15) is 5.82 Å². The average molecular weight is 237 g/mol. The van der Waals surface area contributed by atoms with Gasteiger partial charge in [-0.25, -0.2) is 4.98 Å². The average Bonchev–Trinajstić information content (AvgIpc) is 2.31. The van der Waals surface area contributed by atoms with Crippen molar-refractivity contribution in [3.05, 3.63) is 18.3 Å². The van der Waals surface area contributed by atoms with Crippen LogP contribution in [0.5, 0.6) is 0 Å². The third kappa shape index (κ3) is 5.28. The van der Waals surface area contributed by atoms with Crippen molar-refractivity contribution >= 4 is 17.4 Å². The molecule has 0 atom stereocenters. The number of pyridine rings is 1. The summed E-state index contributed by atoms with van der Waals surface area (Å²) in [5, 5.41) is 5.81. The molecule has 4 N–H and O–H groups in total. The molecule has 0 fully saturated rings. The van der Waals surface area contributed by atoms with Crippen LogP contribution in [0.15, 0.2) is 18.3 Å². The van der Waals surface area contributed by atoms with Crippen molar-refractivity contribution < 1.29 is 4.79 Å². The minimum atomic E-state index is -0.222. The Kier molecular flexibility index (Phi) is 5.38. The number of hydrogen-bond acceptors (Lipinski definition) is 5. The SMILES string of the molecule is CN(C)CCNc1ccc(NC(=O)CN)cn1. The monoisotopic (exact) mass is 237 g/mol. The predicted molar refractivity (Wildman–Crippen MR) is 69.0 cm³/mol. The molecule has 6 nitrogen and oxygen atoms in total. The summed E-state index contributed by atoms with van der Waals surface area (Å²) in [5.41, 5.74) is 5.85. The fraction of sp³-hybridized carbons (Fsp3) is 0.455. The van der Waals surface area contributed by atoms with E-state index in [-0.39, 0.29) is 12.5 Å². The number of nitrogens with one attached hydrogen (secondary N) is 2. The number of hydrogen-bond donors (Lipinski definition) is 3. The third-order valence-electron chi connectivity index (χ3n) is 2.10. The third-order valence-corrected chi connectivity index (χ3v) is 2.10. The Labute approximate surface area is 101 Å². The van der Waals surface area contributed by atoms with Crippen LogP contribution in [0.4, 0.5) is 11.5 Å². The number of nitrogens with two attached hydrogens (primary N) is 1. The van der Waals surface area contributed by atoms with Gasteiger partial charge in [-0.3, -0.25) is 4.79 Å². The predicted octanol–water partition coefficient (Wildman–Crippen LogP) is -0.0477. The van der Waals surface area contributed by atoms with E-state index in [1.807, 2.05) is 20.2 Å². The highest BCUT2D eigenvalue weighted by atomic mass is 16.1. The minimum absolute atomic E-state index is 0.0250. The van der Waals surface area contributed by atoms with Gasteiger partial charge in [0.2, 0.25) is 5.91 Å². The number of aromatic nitrogens is 1. The van der Waals surface area contributed by atoms with Crippen molar-refractivity contribution in [2.75, 3.05) is 44.4 Å². The zero-order chi connectivity index (χ0) is 12.7. The van der Waals surface area contributed by atoms with Crippen LogP contribution in [-0.4, -0.2) is 49.5 Å². The van der Waals surface area contributed by atoms with Gasteiger partial charge in [0.15, 0.2) is 0 Å². The zero-order valence-electron chi connectivity index (χ0n) is 10.2. The first kappa shape index (κ1) is 13.4. The van der Waals surface area contributed by atoms with Gasteiger partial charge in [0.25, 0.3) is 0 Å². The molecule has 0 aliphatic rings. The van der Waals surface area contributed by atoms with Crippen molar-refractivity contribution in [3.8, 4) is 0 Å². The molecule has 0 unspecified atom stereocenters. The molecule has 0 saturated carbocycles. The van der Waals surface area contributed by atoms with Crippen LogP contribution in [0.3, 0.4) is 0 Å². The lowest BCUT2D eigenvalue weighted by Gasteiger charge is -2.11. The second-order valence-corrected chi connectivity index (χ2v) is 3.91. The van der Waals surface area contributed by atoms with E-state index in [1.54, 1.807) is 12.3 Å². The summed E-state index contributed by atoms with van der Waals surface area (Å²) in [6.07, 6.45) is 1.60. The van der Waals surface area contributed by atoms with Crippen LogP contribution in [-0.2, 0) is 4.79 Å². The molecular weight excluding hydrogens is 218 g/mol. The standard InChI is InChI=1S/C11H19N5O/c1-16(2)6-5-13-10-4-3-9(8-14-10)15-11(17)7-12/h3-4,8H,5-7,12H2,1-2H3,(H,13,14)(H,15,17). The number of carbonyl (C=O) groups excluding carboxylic acids is 1. The number of anilines is 2. The molecule has 1 rings (SSSR count). The summed E-state index contributed by atoms with van der Waals surface area (Å²) >= 11 is 0. The Morgan fingerprint density at radius 2 is 2.24 bits per heavy atom. The van der Waals surface area contributed by atoms with Crippen molar-refractivity contribution in [2.24, 2.45) is 5.73 Å². The van der Waals surface area contributed by atoms with Crippen LogP contribution in [0.25, 0.3) is 0 Å². The number of amides is 1. The van der Waals surface area contributed by atoms with E-state index in [0.29, 0.717) is 5.69 Å². The smallest absolute Gasteiger partial charge is 0.238 e. The molecule has 0 radical (unpaired) electrons. The first-order valence-corrected chi connectivity index (χ1v) is 5.46. The van der Waals surface area contributed by atoms with Crippen molar-refractivity contribution in [3.63, 3.8) is 0 Å². The minimum Gasteiger partial charge on any atom is -0.369 e. The summed E-state index contributed by atoms with van der Waals surface area (Å²) in [7, 11) is 4.03. The van der Waals surface area contributed by atoms with Crippen LogP contribution >= 0.6 is 0 Å². The Morgan fingerprint density at radius 3 is 2.76 bits per heavy atom. The van der Waals surface area contributed by atoms with Crippen molar-refractivity contribution in [2.45, 2.75) is 0 Å². The highest BCUT2D eigenvalue weighted by Crippen LogP contribution is 2.08. The van der Waals surface area contributed by atoms with Gasteiger partial charge in [-0.1, -0.05) is 0 Å². The first-order chi connectivity index (χ1) is 8.11. The highest BCUT2D eigenvalue weighted by Gasteiger charge is 1.99. The molecule has 0 aliphatic carbocycles. The van der Waals surface area contributed by atoms with Gasteiger partial charge in [0.05, 0.1) is 18.4 Å². The molecule has 17 heavy (non-hydrogen) atoms. The maximum absolute atomic E-state index is 11.0. The summed E-state index contributed by atoms with van der Waals surface area (Å²) in [5.74, 6) is 0.567. The molecule has 0 saturated heterocycles. The van der Waals surface area contributed by atoms with Gasteiger partial charge in [-0.15, -0.1) is 0 Å². The van der Waals surface area contributed by atoms with Gasteiger partial charge in [-0.2, -0.15) is 0 Å². The molecule has 94 valence electrons. The normalized spacial score (nSPS) is 10.4. The number of likely N-dealkylation sites (N-methyl/N-ethyl adjacent to an activating group) is 1. The molecule has 0 aromatic carbocycles. The molecule has 0 spiro atoms. The van der Waals surface area contributed by atoms with Crippen LogP contribution in [0.1, 0.15) is 0 Å². The Morgan fingerprint density at radius 1 is 1.47 bits per heavy atom. The lowest BCUT2D eigenvalue weighted by Crippen LogP contribution is -2.22. The van der Waals surface area contributed by atoms with Crippen LogP contribution in [0, 0.1) is 0 Å². The lowest BCUT2D eigenvalue weighted by molar-refractivity contribution is -0.114. The summed E-state index contributed by atoms with van der Waals surface area (Å²) in [4.78, 5) is 17.3. The van der Waals surface area contributed by atoms with E-state index >= 15 is 0 Å². The van der Waals surface area contributed by atoms with E-state index in [2.05, 4.69) is 20.5 Å². The van der Waals surface area contributed by atoms with E-state index in [4.69, 9.17) is 5.73 Å². The maximum atomic E-state index is 11.0. The molecule has 1 aromatic rings. The second-order valence-electron chi connectivity index (χ2n) is 3.91. The maximum Gasteiger partial charge on any atom is 0.238 e. The van der Waals surface area contributed by atoms with E-state index in [9.17, 15) is 4.79 Å². The molecule has 1 aromatic heterocycles.